The molecule has 0 aromatic heterocycles. The van der Waals surface area contributed by atoms with Gasteiger partial charge in [0.2, 0.25) is 0 Å². The first kappa shape index (κ1) is 12.4. The SMILES string of the molecule is COc1ccc(C2CCNCC2CN)cc1C. The Balaban J connectivity index is 2.23. The second kappa shape index (κ2) is 5.52. The molecule has 2 atom stereocenters. The molecule has 0 bridgehead atoms. The maximum Gasteiger partial charge on any atom is 0.121 e. The number of hydrogen-bond donors (Lipinski definition) is 2. The van der Waals surface area contributed by atoms with Gasteiger partial charge in [0.25, 0.3) is 0 Å². The van der Waals surface area contributed by atoms with Crippen LogP contribution in [0.15, 0.2) is 18.2 Å². The molecule has 3 heteroatoms. The number of ether oxygens (including phenoxy) is 1. The molecule has 2 rings (SSSR count). The highest BCUT2D eigenvalue weighted by Crippen LogP contribution is 2.32. The van der Waals surface area contributed by atoms with Crippen LogP contribution in [0.1, 0.15) is 23.5 Å². The molecule has 1 heterocycles. The molecule has 1 saturated heterocycles. The highest BCUT2D eigenvalue weighted by molar-refractivity contribution is 5.38. The number of nitrogens with one attached hydrogen (secondary N) is 1. The van der Waals surface area contributed by atoms with Gasteiger partial charge in [-0.3, -0.25) is 0 Å². The Labute approximate surface area is 103 Å². The second-order valence-electron chi connectivity index (χ2n) is 4.82. The number of rotatable bonds is 3. The van der Waals surface area contributed by atoms with Gasteiger partial charge in [-0.2, -0.15) is 0 Å². The van der Waals surface area contributed by atoms with Crippen LogP contribution in [0.4, 0.5) is 0 Å². The fourth-order valence-corrected chi connectivity index (χ4v) is 2.74. The van der Waals surface area contributed by atoms with E-state index in [9.17, 15) is 0 Å². The Morgan fingerprint density at radius 3 is 2.94 bits per heavy atom. The maximum atomic E-state index is 5.86. The number of benzene rings is 1. The summed E-state index contributed by atoms with van der Waals surface area (Å²) in [6.45, 7) is 4.97. The van der Waals surface area contributed by atoms with Crippen molar-refractivity contribution >= 4 is 0 Å². The zero-order valence-corrected chi connectivity index (χ0v) is 10.7. The second-order valence-corrected chi connectivity index (χ2v) is 4.82. The quantitative estimate of drug-likeness (QED) is 0.836. The summed E-state index contributed by atoms with van der Waals surface area (Å²) in [5, 5.41) is 3.42. The first-order valence-electron chi connectivity index (χ1n) is 6.31. The monoisotopic (exact) mass is 234 g/mol. The fourth-order valence-electron chi connectivity index (χ4n) is 2.74. The smallest absolute Gasteiger partial charge is 0.121 e. The van der Waals surface area contributed by atoms with Crippen molar-refractivity contribution in [2.24, 2.45) is 11.7 Å². The van der Waals surface area contributed by atoms with Crippen LogP contribution < -0.4 is 15.8 Å². The van der Waals surface area contributed by atoms with E-state index < -0.39 is 0 Å². The van der Waals surface area contributed by atoms with E-state index in [0.29, 0.717) is 11.8 Å². The van der Waals surface area contributed by atoms with E-state index in [1.165, 1.54) is 17.5 Å². The predicted octanol–water partition coefficient (Wildman–Crippen LogP) is 1.66. The standard InChI is InChI=1S/C14H22N2O/c1-10-7-11(3-4-14(10)17-2)13-5-6-16-9-12(13)8-15/h3-4,7,12-13,16H,5-6,8-9,15H2,1-2H3. The molecule has 1 aromatic rings. The van der Waals surface area contributed by atoms with E-state index in [4.69, 9.17) is 10.5 Å². The zero-order valence-electron chi connectivity index (χ0n) is 10.7. The van der Waals surface area contributed by atoms with Crippen molar-refractivity contribution in [1.82, 2.24) is 5.32 Å². The summed E-state index contributed by atoms with van der Waals surface area (Å²) < 4.78 is 5.30. The summed E-state index contributed by atoms with van der Waals surface area (Å²) >= 11 is 0. The van der Waals surface area contributed by atoms with E-state index >= 15 is 0 Å². The minimum absolute atomic E-state index is 0.552. The first-order chi connectivity index (χ1) is 8.26. The summed E-state index contributed by atoms with van der Waals surface area (Å²) in [5.74, 6) is 2.11. The molecule has 94 valence electrons. The van der Waals surface area contributed by atoms with Gasteiger partial charge < -0.3 is 15.8 Å². The summed E-state index contributed by atoms with van der Waals surface area (Å²) in [5.41, 5.74) is 8.47. The molecule has 0 amide bonds. The third kappa shape index (κ3) is 2.61. The van der Waals surface area contributed by atoms with Crippen LogP contribution in [-0.4, -0.2) is 26.7 Å². The van der Waals surface area contributed by atoms with Gasteiger partial charge in [-0.05, 0) is 62.0 Å². The molecule has 1 fully saturated rings. The molecule has 1 aromatic carbocycles. The Bertz CT molecular complexity index is 378. The van der Waals surface area contributed by atoms with Crippen molar-refractivity contribution in [2.75, 3.05) is 26.7 Å². The molecule has 3 nitrogen and oxygen atoms in total. The largest absolute Gasteiger partial charge is 0.496 e. The third-order valence-electron chi connectivity index (χ3n) is 3.76. The van der Waals surface area contributed by atoms with Crippen molar-refractivity contribution in [2.45, 2.75) is 19.3 Å². The van der Waals surface area contributed by atoms with Gasteiger partial charge in [0.15, 0.2) is 0 Å². The highest BCUT2D eigenvalue weighted by Gasteiger charge is 2.25. The molecule has 0 radical (unpaired) electrons. The minimum Gasteiger partial charge on any atom is -0.496 e. The molecule has 0 spiro atoms. The molecule has 1 aliphatic rings. The van der Waals surface area contributed by atoms with Gasteiger partial charge >= 0.3 is 0 Å². The zero-order chi connectivity index (χ0) is 12.3. The Kier molecular flexibility index (Phi) is 4.02. The number of aryl methyl sites for hydroxylation is 1. The van der Waals surface area contributed by atoms with Crippen LogP contribution >= 0.6 is 0 Å². The summed E-state index contributed by atoms with van der Waals surface area (Å²) in [6, 6.07) is 6.50. The van der Waals surface area contributed by atoms with E-state index in [-0.39, 0.29) is 0 Å². The Morgan fingerprint density at radius 2 is 2.29 bits per heavy atom. The molecular formula is C14H22N2O. The molecule has 1 aliphatic heterocycles. The van der Waals surface area contributed by atoms with Crippen molar-refractivity contribution in [3.63, 3.8) is 0 Å². The van der Waals surface area contributed by atoms with E-state index in [1.807, 2.05) is 0 Å². The van der Waals surface area contributed by atoms with E-state index in [0.717, 1.165) is 25.4 Å². The maximum absolute atomic E-state index is 5.86. The van der Waals surface area contributed by atoms with Gasteiger partial charge in [-0.25, -0.2) is 0 Å². The normalized spacial score (nSPS) is 24.6. The van der Waals surface area contributed by atoms with Crippen LogP contribution in [0.3, 0.4) is 0 Å². The molecule has 17 heavy (non-hydrogen) atoms. The average molecular weight is 234 g/mol. The molecule has 3 N–H and O–H groups in total. The number of hydrogen-bond acceptors (Lipinski definition) is 3. The van der Waals surface area contributed by atoms with Crippen molar-refractivity contribution < 1.29 is 4.74 Å². The van der Waals surface area contributed by atoms with Gasteiger partial charge in [0, 0.05) is 0 Å². The molecule has 0 aliphatic carbocycles. The van der Waals surface area contributed by atoms with Crippen LogP contribution in [0, 0.1) is 12.8 Å². The lowest BCUT2D eigenvalue weighted by Crippen LogP contribution is -2.39. The Hall–Kier alpha value is -1.06. The lowest BCUT2D eigenvalue weighted by Gasteiger charge is -2.32. The average Bonchev–Trinajstić information content (AvgIpc) is 2.38. The van der Waals surface area contributed by atoms with Gasteiger partial charge in [-0.1, -0.05) is 12.1 Å². The van der Waals surface area contributed by atoms with Gasteiger partial charge in [0.05, 0.1) is 7.11 Å². The number of nitrogens with two attached hydrogens (primary N) is 1. The first-order valence-corrected chi connectivity index (χ1v) is 6.31. The molecular weight excluding hydrogens is 212 g/mol. The number of piperidine rings is 1. The fraction of sp³-hybridized carbons (Fsp3) is 0.571. The van der Waals surface area contributed by atoms with Gasteiger partial charge in [0.1, 0.15) is 5.75 Å². The molecule has 0 saturated carbocycles. The number of methoxy groups -OCH3 is 1. The predicted molar refractivity (Wildman–Crippen MR) is 70.5 cm³/mol. The van der Waals surface area contributed by atoms with Crippen LogP contribution in [-0.2, 0) is 0 Å². The summed E-state index contributed by atoms with van der Waals surface area (Å²) in [7, 11) is 1.72. The van der Waals surface area contributed by atoms with Crippen molar-refractivity contribution in [1.29, 1.82) is 0 Å². The van der Waals surface area contributed by atoms with Crippen molar-refractivity contribution in [3.8, 4) is 5.75 Å². The highest BCUT2D eigenvalue weighted by atomic mass is 16.5. The van der Waals surface area contributed by atoms with Crippen LogP contribution in [0.25, 0.3) is 0 Å². The van der Waals surface area contributed by atoms with E-state index in [2.05, 4.69) is 30.4 Å². The lowest BCUT2D eigenvalue weighted by atomic mass is 9.81. The lowest BCUT2D eigenvalue weighted by molar-refractivity contribution is 0.332. The summed E-state index contributed by atoms with van der Waals surface area (Å²) in [4.78, 5) is 0. The van der Waals surface area contributed by atoms with E-state index in [1.54, 1.807) is 7.11 Å². The summed E-state index contributed by atoms with van der Waals surface area (Å²) in [6.07, 6.45) is 1.17. The van der Waals surface area contributed by atoms with Crippen molar-refractivity contribution in [3.05, 3.63) is 29.3 Å². The van der Waals surface area contributed by atoms with Gasteiger partial charge in [-0.15, -0.1) is 0 Å². The van der Waals surface area contributed by atoms with Crippen LogP contribution in [0.2, 0.25) is 0 Å². The third-order valence-corrected chi connectivity index (χ3v) is 3.76. The van der Waals surface area contributed by atoms with Crippen LogP contribution in [0.5, 0.6) is 5.75 Å². The minimum atomic E-state index is 0.552. The molecule has 2 unspecified atom stereocenters. The Morgan fingerprint density at radius 1 is 1.47 bits per heavy atom. The topological polar surface area (TPSA) is 47.3 Å².